The minimum absolute atomic E-state index is 0.574. The summed E-state index contributed by atoms with van der Waals surface area (Å²) in [5.74, 6) is 1.65. The SMILES string of the molecule is CCCOc1cccc(C(C)C)c1CC. The molecule has 0 aliphatic rings. The van der Waals surface area contributed by atoms with Gasteiger partial charge in [0.25, 0.3) is 0 Å². The van der Waals surface area contributed by atoms with Crippen LogP contribution in [0.4, 0.5) is 0 Å². The molecule has 0 saturated heterocycles. The summed E-state index contributed by atoms with van der Waals surface area (Å²) in [7, 11) is 0. The van der Waals surface area contributed by atoms with Gasteiger partial charge in [0.2, 0.25) is 0 Å². The van der Waals surface area contributed by atoms with Crippen molar-refractivity contribution in [1.82, 2.24) is 0 Å². The van der Waals surface area contributed by atoms with E-state index in [9.17, 15) is 0 Å². The minimum Gasteiger partial charge on any atom is -0.493 e. The van der Waals surface area contributed by atoms with Crippen LogP contribution < -0.4 is 4.74 Å². The summed E-state index contributed by atoms with van der Waals surface area (Å²) in [5.41, 5.74) is 2.80. The van der Waals surface area contributed by atoms with Crippen LogP contribution in [0, 0.1) is 0 Å². The lowest BCUT2D eigenvalue weighted by Gasteiger charge is -2.16. The van der Waals surface area contributed by atoms with E-state index >= 15 is 0 Å². The van der Waals surface area contributed by atoms with Crippen LogP contribution in [0.25, 0.3) is 0 Å². The molecule has 1 rings (SSSR count). The first-order chi connectivity index (χ1) is 7.20. The maximum atomic E-state index is 5.77. The van der Waals surface area contributed by atoms with Crippen molar-refractivity contribution in [3.05, 3.63) is 29.3 Å². The van der Waals surface area contributed by atoms with Crippen LogP contribution in [-0.4, -0.2) is 6.61 Å². The van der Waals surface area contributed by atoms with Gasteiger partial charge in [0.15, 0.2) is 0 Å². The summed E-state index contributed by atoms with van der Waals surface area (Å²) in [5, 5.41) is 0. The molecule has 0 aliphatic carbocycles. The predicted molar refractivity (Wildman–Crippen MR) is 65.7 cm³/mol. The van der Waals surface area contributed by atoms with Gasteiger partial charge in [-0.1, -0.05) is 39.8 Å². The summed E-state index contributed by atoms with van der Waals surface area (Å²) < 4.78 is 5.77. The van der Waals surface area contributed by atoms with Crippen molar-refractivity contribution in [3.8, 4) is 5.75 Å². The summed E-state index contributed by atoms with van der Waals surface area (Å²) in [6, 6.07) is 6.39. The fraction of sp³-hybridized carbons (Fsp3) is 0.571. The fourth-order valence-electron chi connectivity index (χ4n) is 1.85. The highest BCUT2D eigenvalue weighted by Gasteiger charge is 2.09. The second-order valence-corrected chi connectivity index (χ2v) is 4.18. The first-order valence-electron chi connectivity index (χ1n) is 5.95. The van der Waals surface area contributed by atoms with E-state index in [0.29, 0.717) is 5.92 Å². The smallest absolute Gasteiger partial charge is 0.122 e. The molecule has 0 atom stereocenters. The van der Waals surface area contributed by atoms with Gasteiger partial charge in [-0.3, -0.25) is 0 Å². The fourth-order valence-corrected chi connectivity index (χ4v) is 1.85. The highest BCUT2D eigenvalue weighted by molar-refractivity contribution is 5.41. The number of rotatable bonds is 5. The maximum absolute atomic E-state index is 5.77. The van der Waals surface area contributed by atoms with Gasteiger partial charge >= 0.3 is 0 Å². The van der Waals surface area contributed by atoms with Gasteiger partial charge in [0.05, 0.1) is 6.61 Å². The molecule has 1 aromatic rings. The third-order valence-electron chi connectivity index (χ3n) is 2.61. The average Bonchev–Trinajstić information content (AvgIpc) is 2.25. The van der Waals surface area contributed by atoms with Gasteiger partial charge in [-0.25, -0.2) is 0 Å². The number of hydrogen-bond acceptors (Lipinski definition) is 1. The Bertz CT molecular complexity index is 302. The van der Waals surface area contributed by atoms with E-state index in [4.69, 9.17) is 4.74 Å². The van der Waals surface area contributed by atoms with Crippen molar-refractivity contribution >= 4 is 0 Å². The molecule has 0 aliphatic heterocycles. The summed E-state index contributed by atoms with van der Waals surface area (Å²) in [6.45, 7) is 9.61. The van der Waals surface area contributed by atoms with E-state index in [0.717, 1.165) is 25.2 Å². The van der Waals surface area contributed by atoms with E-state index in [-0.39, 0.29) is 0 Å². The van der Waals surface area contributed by atoms with Crippen molar-refractivity contribution < 1.29 is 4.74 Å². The molecular weight excluding hydrogens is 184 g/mol. The molecule has 0 N–H and O–H groups in total. The van der Waals surface area contributed by atoms with E-state index < -0.39 is 0 Å². The monoisotopic (exact) mass is 206 g/mol. The Labute approximate surface area is 93.5 Å². The quantitative estimate of drug-likeness (QED) is 0.703. The van der Waals surface area contributed by atoms with Gasteiger partial charge in [-0.15, -0.1) is 0 Å². The topological polar surface area (TPSA) is 9.23 Å². The summed E-state index contributed by atoms with van der Waals surface area (Å²) >= 11 is 0. The van der Waals surface area contributed by atoms with Gasteiger partial charge in [0.1, 0.15) is 5.75 Å². The Hall–Kier alpha value is -0.980. The zero-order chi connectivity index (χ0) is 11.3. The van der Waals surface area contributed by atoms with Crippen LogP contribution in [-0.2, 0) is 6.42 Å². The predicted octanol–water partition coefficient (Wildman–Crippen LogP) is 4.16. The second kappa shape index (κ2) is 5.79. The van der Waals surface area contributed by atoms with Gasteiger partial charge in [-0.05, 0) is 36.0 Å². The van der Waals surface area contributed by atoms with Gasteiger partial charge < -0.3 is 4.74 Å². The van der Waals surface area contributed by atoms with Crippen LogP contribution in [0.5, 0.6) is 5.75 Å². The van der Waals surface area contributed by atoms with Crippen molar-refractivity contribution in [2.45, 2.75) is 46.5 Å². The Kier molecular flexibility index (Phi) is 4.67. The number of ether oxygens (including phenoxy) is 1. The van der Waals surface area contributed by atoms with Crippen LogP contribution >= 0.6 is 0 Å². The van der Waals surface area contributed by atoms with Crippen LogP contribution in [0.3, 0.4) is 0 Å². The van der Waals surface area contributed by atoms with Gasteiger partial charge in [0, 0.05) is 0 Å². The average molecular weight is 206 g/mol. The zero-order valence-corrected chi connectivity index (χ0v) is 10.3. The molecule has 0 bridgehead atoms. The third kappa shape index (κ3) is 2.98. The number of benzene rings is 1. The van der Waals surface area contributed by atoms with Crippen LogP contribution in [0.1, 0.15) is 51.2 Å². The molecule has 1 aromatic carbocycles. The van der Waals surface area contributed by atoms with E-state index in [2.05, 4.69) is 45.9 Å². The molecule has 0 saturated carbocycles. The van der Waals surface area contributed by atoms with E-state index in [1.807, 2.05) is 0 Å². The molecule has 0 amide bonds. The Morgan fingerprint density at radius 3 is 2.47 bits per heavy atom. The molecule has 84 valence electrons. The van der Waals surface area contributed by atoms with Crippen LogP contribution in [0.2, 0.25) is 0 Å². The number of hydrogen-bond donors (Lipinski definition) is 0. The van der Waals surface area contributed by atoms with Crippen molar-refractivity contribution in [1.29, 1.82) is 0 Å². The largest absolute Gasteiger partial charge is 0.493 e. The van der Waals surface area contributed by atoms with Crippen molar-refractivity contribution in [2.24, 2.45) is 0 Å². The standard InChI is InChI=1S/C14H22O/c1-5-10-15-14-9-7-8-13(11(3)4)12(14)6-2/h7-9,11H,5-6,10H2,1-4H3. The van der Waals surface area contributed by atoms with E-state index in [1.54, 1.807) is 0 Å². The molecule has 0 fully saturated rings. The zero-order valence-electron chi connectivity index (χ0n) is 10.3. The molecular formula is C14H22O. The van der Waals surface area contributed by atoms with Crippen molar-refractivity contribution in [3.63, 3.8) is 0 Å². The molecule has 1 heteroatoms. The highest BCUT2D eigenvalue weighted by atomic mass is 16.5. The first-order valence-corrected chi connectivity index (χ1v) is 5.95. The maximum Gasteiger partial charge on any atom is 0.122 e. The molecule has 0 unspecified atom stereocenters. The Morgan fingerprint density at radius 2 is 1.93 bits per heavy atom. The lowest BCUT2D eigenvalue weighted by molar-refractivity contribution is 0.314. The Morgan fingerprint density at radius 1 is 1.20 bits per heavy atom. The molecule has 1 nitrogen and oxygen atoms in total. The normalized spacial score (nSPS) is 10.7. The van der Waals surface area contributed by atoms with Crippen molar-refractivity contribution in [2.75, 3.05) is 6.61 Å². The first kappa shape index (κ1) is 12.1. The molecule has 15 heavy (non-hydrogen) atoms. The summed E-state index contributed by atoms with van der Waals surface area (Å²) in [6.07, 6.45) is 2.11. The lowest BCUT2D eigenvalue weighted by atomic mass is 9.95. The molecule has 0 radical (unpaired) electrons. The Balaban J connectivity index is 2.99. The molecule has 0 aromatic heterocycles. The second-order valence-electron chi connectivity index (χ2n) is 4.18. The van der Waals surface area contributed by atoms with E-state index in [1.165, 1.54) is 11.1 Å². The third-order valence-corrected chi connectivity index (χ3v) is 2.61. The highest BCUT2D eigenvalue weighted by Crippen LogP contribution is 2.28. The van der Waals surface area contributed by atoms with Crippen LogP contribution in [0.15, 0.2) is 18.2 Å². The summed E-state index contributed by atoms with van der Waals surface area (Å²) in [4.78, 5) is 0. The molecule has 0 heterocycles. The minimum atomic E-state index is 0.574. The lowest BCUT2D eigenvalue weighted by Crippen LogP contribution is -2.02. The van der Waals surface area contributed by atoms with Gasteiger partial charge in [-0.2, -0.15) is 0 Å². The molecule has 0 spiro atoms.